The number of aromatic amines is 1. The van der Waals surface area contributed by atoms with Gasteiger partial charge in [0, 0.05) is 16.1 Å². The van der Waals surface area contributed by atoms with Crippen LogP contribution in [-0.2, 0) is 0 Å². The number of nitro benzene ring substituents is 2. The van der Waals surface area contributed by atoms with E-state index in [0.717, 1.165) is 23.7 Å². The fourth-order valence-corrected chi connectivity index (χ4v) is 3.46. The lowest BCUT2D eigenvalue weighted by molar-refractivity contribution is -0.394. The molecule has 10 nitrogen and oxygen atoms in total. The summed E-state index contributed by atoms with van der Waals surface area (Å²) in [5, 5.41) is 32.2. The van der Waals surface area contributed by atoms with E-state index >= 15 is 0 Å². The molecule has 0 aliphatic heterocycles. The molecule has 0 saturated heterocycles. The highest BCUT2D eigenvalue weighted by atomic mass is 79.9. The Morgan fingerprint density at radius 3 is 2.52 bits per heavy atom. The highest BCUT2D eigenvalue weighted by Gasteiger charge is 2.22. The number of rotatable bonds is 6. The fraction of sp³-hybridized carbons (Fsp3) is 0. The summed E-state index contributed by atoms with van der Waals surface area (Å²) in [5.41, 5.74) is 1.13. The van der Waals surface area contributed by atoms with Crippen molar-refractivity contribution >= 4 is 50.0 Å². The average Bonchev–Trinajstić information content (AvgIpc) is 3.23. The zero-order valence-electron chi connectivity index (χ0n) is 16.6. The maximum absolute atomic E-state index is 11.4. The first kappa shape index (κ1) is 21.7. The van der Waals surface area contributed by atoms with Crippen LogP contribution in [0.3, 0.4) is 0 Å². The van der Waals surface area contributed by atoms with Crippen molar-refractivity contribution < 1.29 is 14.6 Å². The predicted octanol–water partition coefficient (Wildman–Crippen LogP) is 6.00. The minimum atomic E-state index is -0.758. The van der Waals surface area contributed by atoms with E-state index in [0.29, 0.717) is 21.4 Å². The van der Waals surface area contributed by atoms with Gasteiger partial charge in [0.15, 0.2) is 0 Å². The molecule has 0 fully saturated rings. The summed E-state index contributed by atoms with van der Waals surface area (Å²) in [5.74, 6) is 0.384. The van der Waals surface area contributed by atoms with Crippen LogP contribution in [0.4, 0.5) is 11.4 Å². The molecule has 4 aromatic rings. The first-order chi connectivity index (χ1) is 15.9. The molecule has 0 aliphatic carbocycles. The van der Waals surface area contributed by atoms with E-state index in [2.05, 4.69) is 32.0 Å². The standard InChI is InChI=1S/C22H12BrN5O5/c23-15-5-7-20(33-21-8-6-16(27(29)30)11-19(21)28(31)32)13(10-15)9-14(12-24)22-25-17-3-1-2-4-18(17)26-22/h1-11H,(H,25,26)/b14-9+. The SMILES string of the molecule is N#C/C(=C\c1cc(Br)ccc1Oc1ccc([N+](=O)[O-])cc1[N+](=O)[O-])c1nc2ccccc2[nH]1. The summed E-state index contributed by atoms with van der Waals surface area (Å²) >= 11 is 3.37. The third-order valence-corrected chi connectivity index (χ3v) is 5.10. The first-order valence-corrected chi connectivity index (χ1v) is 10.1. The lowest BCUT2D eigenvalue weighted by Crippen LogP contribution is -1.97. The van der Waals surface area contributed by atoms with Crippen LogP contribution < -0.4 is 4.74 Å². The molecule has 0 radical (unpaired) electrons. The van der Waals surface area contributed by atoms with Gasteiger partial charge < -0.3 is 9.72 Å². The van der Waals surface area contributed by atoms with Gasteiger partial charge in [-0.3, -0.25) is 20.2 Å². The number of halogens is 1. The predicted molar refractivity (Wildman–Crippen MR) is 124 cm³/mol. The molecule has 0 saturated carbocycles. The molecule has 1 N–H and O–H groups in total. The van der Waals surface area contributed by atoms with Crippen LogP contribution in [0, 0.1) is 31.6 Å². The Hall–Kier alpha value is -4.56. The zero-order chi connectivity index (χ0) is 23.5. The smallest absolute Gasteiger partial charge is 0.318 e. The second kappa shape index (κ2) is 8.89. The largest absolute Gasteiger partial charge is 0.449 e. The Bertz CT molecular complexity index is 1460. The van der Waals surface area contributed by atoms with Crippen molar-refractivity contribution in [3.63, 3.8) is 0 Å². The van der Waals surface area contributed by atoms with Crippen molar-refractivity contribution in [1.29, 1.82) is 5.26 Å². The molecule has 0 aliphatic rings. The number of aromatic nitrogens is 2. The number of hydrogen-bond acceptors (Lipinski definition) is 7. The molecule has 0 atom stereocenters. The van der Waals surface area contributed by atoms with E-state index in [9.17, 15) is 25.5 Å². The van der Waals surface area contributed by atoms with Crippen molar-refractivity contribution in [1.82, 2.24) is 9.97 Å². The van der Waals surface area contributed by atoms with Crippen LogP contribution in [0.25, 0.3) is 22.7 Å². The number of hydrogen-bond donors (Lipinski definition) is 1. The van der Waals surface area contributed by atoms with Crippen LogP contribution in [0.2, 0.25) is 0 Å². The molecule has 1 aromatic heterocycles. The quantitative estimate of drug-likeness (QED) is 0.192. The number of imidazole rings is 1. The lowest BCUT2D eigenvalue weighted by Gasteiger charge is -2.10. The van der Waals surface area contributed by atoms with Crippen LogP contribution in [0.15, 0.2) is 65.1 Å². The van der Waals surface area contributed by atoms with Gasteiger partial charge in [-0.1, -0.05) is 28.1 Å². The zero-order valence-corrected chi connectivity index (χ0v) is 18.1. The van der Waals surface area contributed by atoms with Gasteiger partial charge in [-0.25, -0.2) is 4.98 Å². The molecule has 3 aromatic carbocycles. The first-order valence-electron chi connectivity index (χ1n) is 9.33. The summed E-state index contributed by atoms with van der Waals surface area (Å²) in [6.45, 7) is 0. The highest BCUT2D eigenvalue weighted by Crippen LogP contribution is 2.37. The molecule has 0 spiro atoms. The maximum Gasteiger partial charge on any atom is 0.318 e. The molecule has 11 heteroatoms. The normalized spacial score (nSPS) is 11.2. The van der Waals surface area contributed by atoms with Crippen molar-refractivity contribution in [3.05, 3.63) is 96.8 Å². The number of allylic oxidation sites excluding steroid dienone is 1. The second-order valence-electron chi connectivity index (χ2n) is 6.72. The third-order valence-electron chi connectivity index (χ3n) is 4.61. The fourth-order valence-electron chi connectivity index (χ4n) is 3.08. The van der Waals surface area contributed by atoms with Crippen molar-refractivity contribution in [2.75, 3.05) is 0 Å². The maximum atomic E-state index is 11.4. The van der Waals surface area contributed by atoms with Gasteiger partial charge >= 0.3 is 5.69 Å². The monoisotopic (exact) mass is 505 g/mol. The minimum Gasteiger partial charge on any atom is -0.449 e. The van der Waals surface area contributed by atoms with Gasteiger partial charge in [0.2, 0.25) is 5.75 Å². The molecule has 0 amide bonds. The Morgan fingerprint density at radius 1 is 1.06 bits per heavy atom. The average molecular weight is 506 g/mol. The number of nitrogens with zero attached hydrogens (tertiary/aromatic N) is 4. The topological polar surface area (TPSA) is 148 Å². The molecule has 4 rings (SSSR count). The van der Waals surface area contributed by atoms with Gasteiger partial charge in [-0.05, 0) is 42.5 Å². The second-order valence-corrected chi connectivity index (χ2v) is 7.64. The van der Waals surface area contributed by atoms with E-state index in [1.54, 1.807) is 18.2 Å². The van der Waals surface area contributed by atoms with Gasteiger partial charge in [0.05, 0.1) is 32.5 Å². The summed E-state index contributed by atoms with van der Waals surface area (Å²) in [6.07, 6.45) is 1.54. The summed E-state index contributed by atoms with van der Waals surface area (Å²) in [6, 6.07) is 17.4. The van der Waals surface area contributed by atoms with E-state index in [1.165, 1.54) is 6.08 Å². The number of H-pyrrole nitrogens is 1. The lowest BCUT2D eigenvalue weighted by atomic mass is 10.1. The number of non-ortho nitro benzene ring substituents is 1. The van der Waals surface area contributed by atoms with E-state index in [4.69, 9.17) is 4.74 Å². The highest BCUT2D eigenvalue weighted by molar-refractivity contribution is 9.10. The van der Waals surface area contributed by atoms with Gasteiger partial charge in [0.1, 0.15) is 17.6 Å². The van der Waals surface area contributed by atoms with Crippen molar-refractivity contribution in [2.45, 2.75) is 0 Å². The van der Waals surface area contributed by atoms with E-state index in [-0.39, 0.29) is 17.1 Å². The van der Waals surface area contributed by atoms with E-state index < -0.39 is 21.2 Å². The molecule has 0 bridgehead atoms. The summed E-state index contributed by atoms with van der Waals surface area (Å²) < 4.78 is 6.44. The summed E-state index contributed by atoms with van der Waals surface area (Å²) in [7, 11) is 0. The number of nitro groups is 2. The Balaban J connectivity index is 1.78. The minimum absolute atomic E-state index is 0.176. The van der Waals surface area contributed by atoms with Crippen LogP contribution in [0.1, 0.15) is 11.4 Å². The third kappa shape index (κ3) is 4.56. The molecule has 33 heavy (non-hydrogen) atoms. The van der Waals surface area contributed by atoms with Crippen LogP contribution in [0.5, 0.6) is 11.5 Å². The number of para-hydroxylation sites is 2. The number of nitrogens with one attached hydrogen (secondary N) is 1. The molecular weight excluding hydrogens is 494 g/mol. The van der Waals surface area contributed by atoms with Crippen molar-refractivity contribution in [2.24, 2.45) is 0 Å². The number of benzene rings is 3. The van der Waals surface area contributed by atoms with Gasteiger partial charge in [0.25, 0.3) is 5.69 Å². The Kier molecular flexibility index (Phi) is 5.84. The molecule has 162 valence electrons. The number of fused-ring (bicyclic) bond motifs is 1. The number of nitriles is 1. The van der Waals surface area contributed by atoms with Crippen LogP contribution in [-0.4, -0.2) is 19.8 Å². The molecule has 1 heterocycles. The Labute approximate surface area is 194 Å². The van der Waals surface area contributed by atoms with Gasteiger partial charge in [-0.2, -0.15) is 5.26 Å². The van der Waals surface area contributed by atoms with Crippen LogP contribution >= 0.6 is 15.9 Å². The van der Waals surface area contributed by atoms with Gasteiger partial charge in [-0.15, -0.1) is 0 Å². The number of ether oxygens (including phenoxy) is 1. The Morgan fingerprint density at radius 2 is 1.82 bits per heavy atom. The van der Waals surface area contributed by atoms with Crippen molar-refractivity contribution in [3.8, 4) is 17.6 Å². The van der Waals surface area contributed by atoms with E-state index in [1.807, 2.05) is 24.3 Å². The molecule has 0 unspecified atom stereocenters. The summed E-state index contributed by atoms with van der Waals surface area (Å²) in [4.78, 5) is 28.5. The molecular formula is C22H12BrN5O5.